The summed E-state index contributed by atoms with van der Waals surface area (Å²) in [5.74, 6) is 1.31. The van der Waals surface area contributed by atoms with Crippen molar-refractivity contribution in [2.75, 3.05) is 36.5 Å². The van der Waals surface area contributed by atoms with Gasteiger partial charge in [-0.1, -0.05) is 55.7 Å². The topological polar surface area (TPSA) is 97.6 Å². The summed E-state index contributed by atoms with van der Waals surface area (Å²) < 4.78 is 14.0. The molecule has 2 aromatic heterocycles. The quantitative estimate of drug-likeness (QED) is 0.235. The molecule has 1 saturated heterocycles. The number of aromatic hydroxyl groups is 1. The van der Waals surface area contributed by atoms with Crippen LogP contribution in [-0.2, 0) is 4.74 Å². The van der Waals surface area contributed by atoms with Crippen molar-refractivity contribution in [2.45, 2.75) is 38.1 Å². The minimum Gasteiger partial charge on any atom is -0.506 e. The fraction of sp³-hybridized carbons (Fsp3) is 0.323. The number of benzene rings is 3. The van der Waals surface area contributed by atoms with Crippen molar-refractivity contribution in [1.29, 1.82) is 0 Å². The van der Waals surface area contributed by atoms with Crippen molar-refractivity contribution < 1.29 is 14.6 Å². The van der Waals surface area contributed by atoms with Gasteiger partial charge in [0.25, 0.3) is 0 Å². The number of phenolic OH excluding ortho intramolecular Hbond substituents is 1. The molecule has 204 valence electrons. The maximum absolute atomic E-state index is 11.0. The lowest BCUT2D eigenvalue weighted by molar-refractivity contribution is 0.122. The van der Waals surface area contributed by atoms with Crippen molar-refractivity contribution in [2.24, 2.45) is 0 Å². The molecule has 0 bridgehead atoms. The second kappa shape index (κ2) is 10.7. The highest BCUT2D eigenvalue weighted by Gasteiger charge is 2.22. The fourth-order valence-corrected chi connectivity index (χ4v) is 5.81. The first-order valence-corrected chi connectivity index (χ1v) is 14.1. The van der Waals surface area contributed by atoms with E-state index in [1.165, 1.54) is 19.3 Å². The minimum absolute atomic E-state index is 0.138. The molecule has 2 fully saturated rings. The molecule has 9 nitrogen and oxygen atoms in total. The number of nitrogens with one attached hydrogen (secondary N) is 1. The molecule has 9 heteroatoms. The zero-order chi connectivity index (χ0) is 26.9. The first kappa shape index (κ1) is 24.7. The van der Waals surface area contributed by atoms with Gasteiger partial charge in [-0.15, -0.1) is 0 Å². The van der Waals surface area contributed by atoms with E-state index in [1.807, 2.05) is 48.8 Å². The zero-order valence-corrected chi connectivity index (χ0v) is 22.3. The predicted octanol–water partition coefficient (Wildman–Crippen LogP) is 6.56. The van der Waals surface area contributed by atoms with Crippen LogP contribution in [0.25, 0.3) is 21.9 Å². The van der Waals surface area contributed by atoms with E-state index in [2.05, 4.69) is 26.9 Å². The average molecular weight is 537 g/mol. The first-order chi connectivity index (χ1) is 19.7. The molecule has 0 radical (unpaired) electrons. The van der Waals surface area contributed by atoms with Crippen molar-refractivity contribution >= 4 is 39.1 Å². The highest BCUT2D eigenvalue weighted by Crippen LogP contribution is 2.37. The maximum Gasteiger partial charge on any atom is 0.326 e. The Morgan fingerprint density at radius 1 is 0.925 bits per heavy atom. The van der Waals surface area contributed by atoms with Gasteiger partial charge in [0.15, 0.2) is 17.0 Å². The van der Waals surface area contributed by atoms with E-state index in [-0.39, 0.29) is 11.8 Å². The fourth-order valence-electron chi connectivity index (χ4n) is 5.81. The van der Waals surface area contributed by atoms with E-state index in [0.29, 0.717) is 42.0 Å². The van der Waals surface area contributed by atoms with Crippen LogP contribution in [0.5, 0.6) is 17.5 Å². The largest absolute Gasteiger partial charge is 0.506 e. The Bertz CT molecular complexity index is 1650. The van der Waals surface area contributed by atoms with Crippen LogP contribution in [-0.4, -0.2) is 50.9 Å². The summed E-state index contributed by atoms with van der Waals surface area (Å²) >= 11 is 0. The van der Waals surface area contributed by atoms with Gasteiger partial charge in [-0.3, -0.25) is 0 Å². The average Bonchev–Trinajstić information content (AvgIpc) is 3.44. The van der Waals surface area contributed by atoms with Crippen molar-refractivity contribution in [1.82, 2.24) is 19.5 Å². The van der Waals surface area contributed by atoms with Gasteiger partial charge in [0.1, 0.15) is 11.5 Å². The van der Waals surface area contributed by atoms with Crippen LogP contribution in [0.4, 0.5) is 17.2 Å². The van der Waals surface area contributed by atoms with Crippen LogP contribution in [0.3, 0.4) is 0 Å². The molecule has 40 heavy (non-hydrogen) atoms. The predicted molar refractivity (Wildman–Crippen MR) is 156 cm³/mol. The summed E-state index contributed by atoms with van der Waals surface area (Å²) in [5.41, 5.74) is 2.87. The Morgan fingerprint density at radius 2 is 1.75 bits per heavy atom. The molecular weight excluding hydrogens is 504 g/mol. The lowest BCUT2D eigenvalue weighted by Gasteiger charge is -2.29. The molecule has 3 heterocycles. The number of anilines is 3. The number of fused-ring (bicyclic) bond motifs is 2. The normalized spacial score (nSPS) is 16.4. The van der Waals surface area contributed by atoms with Gasteiger partial charge in [-0.2, -0.15) is 9.97 Å². The highest BCUT2D eigenvalue weighted by atomic mass is 16.5. The Hall–Kier alpha value is -4.37. The SMILES string of the molecule is Oc1cc(N2CCOCC2)ccc1Nc1nc(Oc2cccc3ccccc23)nc2c1ncn2C1CCCCC1. The van der Waals surface area contributed by atoms with Gasteiger partial charge < -0.3 is 29.4 Å². The third-order valence-electron chi connectivity index (χ3n) is 7.93. The molecule has 1 aliphatic carbocycles. The summed E-state index contributed by atoms with van der Waals surface area (Å²) in [6, 6.07) is 20.3. The third kappa shape index (κ3) is 4.77. The summed E-state index contributed by atoms with van der Waals surface area (Å²) in [7, 11) is 0. The zero-order valence-electron chi connectivity index (χ0n) is 22.3. The molecule has 0 unspecified atom stereocenters. The molecule has 2 aliphatic rings. The van der Waals surface area contributed by atoms with Gasteiger partial charge in [0, 0.05) is 36.3 Å². The lowest BCUT2D eigenvalue weighted by Crippen LogP contribution is -2.36. The number of hydrogen-bond acceptors (Lipinski definition) is 8. The van der Waals surface area contributed by atoms with Crippen molar-refractivity contribution in [3.63, 3.8) is 0 Å². The number of morpholine rings is 1. The third-order valence-corrected chi connectivity index (χ3v) is 7.93. The highest BCUT2D eigenvalue weighted by molar-refractivity contribution is 5.89. The summed E-state index contributed by atoms with van der Waals surface area (Å²) in [5, 5.41) is 16.4. The van der Waals surface area contributed by atoms with E-state index in [1.54, 1.807) is 6.07 Å². The molecule has 3 aromatic carbocycles. The molecule has 0 amide bonds. The monoisotopic (exact) mass is 536 g/mol. The molecule has 0 atom stereocenters. The van der Waals surface area contributed by atoms with Gasteiger partial charge in [-0.25, -0.2) is 4.98 Å². The van der Waals surface area contributed by atoms with E-state index in [9.17, 15) is 5.11 Å². The lowest BCUT2D eigenvalue weighted by atomic mass is 9.95. The number of rotatable bonds is 6. The van der Waals surface area contributed by atoms with E-state index in [4.69, 9.17) is 24.4 Å². The van der Waals surface area contributed by atoms with Gasteiger partial charge in [-0.05, 0) is 36.4 Å². The van der Waals surface area contributed by atoms with Crippen molar-refractivity contribution in [3.8, 4) is 17.5 Å². The number of hydrogen-bond donors (Lipinski definition) is 2. The molecule has 5 aromatic rings. The maximum atomic E-state index is 11.0. The van der Waals surface area contributed by atoms with E-state index < -0.39 is 0 Å². The number of nitrogens with zero attached hydrogens (tertiary/aromatic N) is 5. The second-order valence-electron chi connectivity index (χ2n) is 10.5. The molecular formula is C31H32N6O3. The van der Waals surface area contributed by atoms with E-state index >= 15 is 0 Å². The summed E-state index contributed by atoms with van der Waals surface area (Å²) in [6.07, 6.45) is 7.72. The van der Waals surface area contributed by atoms with Gasteiger partial charge in [0.05, 0.1) is 25.2 Å². The standard InChI is InChI=1S/C31H32N6O3/c38-26-19-23(36-15-17-39-18-16-36)13-14-25(26)33-29-28-30(37(20-32-28)22-9-2-1-3-10-22)35-31(34-29)40-27-12-6-8-21-7-4-5-11-24(21)27/h4-8,11-14,19-20,22,38H,1-3,9-10,15-18H2,(H,33,34,35). The minimum atomic E-state index is 0.138. The molecule has 7 rings (SSSR count). The van der Waals surface area contributed by atoms with Crippen LogP contribution in [0, 0.1) is 0 Å². The van der Waals surface area contributed by atoms with E-state index in [0.717, 1.165) is 48.0 Å². The van der Waals surface area contributed by atoms with Crippen LogP contribution in [0.15, 0.2) is 67.0 Å². The molecule has 1 aliphatic heterocycles. The van der Waals surface area contributed by atoms with Crippen LogP contribution in [0.1, 0.15) is 38.1 Å². The Balaban J connectivity index is 1.27. The molecule has 1 saturated carbocycles. The van der Waals surface area contributed by atoms with Gasteiger partial charge in [0.2, 0.25) is 0 Å². The van der Waals surface area contributed by atoms with Crippen LogP contribution < -0.4 is 15.0 Å². The summed E-state index contributed by atoms with van der Waals surface area (Å²) in [4.78, 5) is 16.5. The molecule has 2 N–H and O–H groups in total. The van der Waals surface area contributed by atoms with Crippen LogP contribution >= 0.6 is 0 Å². The number of aromatic nitrogens is 4. The Kier molecular flexibility index (Phi) is 6.57. The Labute approximate surface area is 232 Å². The smallest absolute Gasteiger partial charge is 0.326 e. The first-order valence-electron chi connectivity index (χ1n) is 14.1. The van der Waals surface area contributed by atoms with Gasteiger partial charge >= 0.3 is 6.01 Å². The number of ether oxygens (including phenoxy) is 2. The Morgan fingerprint density at radius 3 is 2.60 bits per heavy atom. The van der Waals surface area contributed by atoms with Crippen LogP contribution in [0.2, 0.25) is 0 Å². The number of imidazole rings is 1. The molecule has 0 spiro atoms. The second-order valence-corrected chi connectivity index (χ2v) is 10.5. The summed E-state index contributed by atoms with van der Waals surface area (Å²) in [6.45, 7) is 2.96. The van der Waals surface area contributed by atoms with Crippen molar-refractivity contribution in [3.05, 3.63) is 67.0 Å². The number of phenols is 1.